The molecule has 17 heavy (non-hydrogen) atoms. The molecule has 1 aromatic carbocycles. The van der Waals surface area contributed by atoms with Gasteiger partial charge in [-0.25, -0.2) is 0 Å². The van der Waals surface area contributed by atoms with Gasteiger partial charge in [0.25, 0.3) is 0 Å². The number of carbonyl (C=O) groups is 1. The van der Waals surface area contributed by atoms with Gasteiger partial charge in [-0.3, -0.25) is 4.79 Å². The Labute approximate surface area is 103 Å². The van der Waals surface area contributed by atoms with Crippen LogP contribution in [0, 0.1) is 19.3 Å². The van der Waals surface area contributed by atoms with Crippen LogP contribution in [0.1, 0.15) is 25.0 Å². The van der Waals surface area contributed by atoms with E-state index in [1.807, 2.05) is 39.8 Å². The highest BCUT2D eigenvalue weighted by molar-refractivity contribution is 5.75. The lowest BCUT2D eigenvalue weighted by Gasteiger charge is -2.22. The molecule has 1 aromatic rings. The lowest BCUT2D eigenvalue weighted by molar-refractivity contribution is -0.152. The SMILES string of the molecule is COC(=O)C(C)(C)COc1ccc(C)cc1C. The van der Waals surface area contributed by atoms with E-state index >= 15 is 0 Å². The molecule has 0 aliphatic rings. The highest BCUT2D eigenvalue weighted by atomic mass is 16.5. The van der Waals surface area contributed by atoms with Crippen LogP contribution in [0.25, 0.3) is 0 Å². The van der Waals surface area contributed by atoms with Crippen molar-refractivity contribution in [2.24, 2.45) is 5.41 Å². The third kappa shape index (κ3) is 3.48. The van der Waals surface area contributed by atoms with E-state index < -0.39 is 5.41 Å². The van der Waals surface area contributed by atoms with Crippen molar-refractivity contribution in [2.75, 3.05) is 13.7 Å². The van der Waals surface area contributed by atoms with E-state index in [-0.39, 0.29) is 5.97 Å². The van der Waals surface area contributed by atoms with Gasteiger partial charge in [-0.15, -0.1) is 0 Å². The fourth-order valence-electron chi connectivity index (χ4n) is 1.55. The zero-order valence-corrected chi connectivity index (χ0v) is 11.2. The summed E-state index contributed by atoms with van der Waals surface area (Å²) in [6.07, 6.45) is 0. The Morgan fingerprint density at radius 1 is 1.29 bits per heavy atom. The van der Waals surface area contributed by atoms with Gasteiger partial charge in [0.05, 0.1) is 12.5 Å². The van der Waals surface area contributed by atoms with Crippen LogP contribution in [0.2, 0.25) is 0 Å². The van der Waals surface area contributed by atoms with Crippen molar-refractivity contribution in [1.82, 2.24) is 0 Å². The van der Waals surface area contributed by atoms with E-state index in [4.69, 9.17) is 9.47 Å². The van der Waals surface area contributed by atoms with Gasteiger partial charge < -0.3 is 9.47 Å². The monoisotopic (exact) mass is 236 g/mol. The molecule has 1 rings (SSSR count). The maximum absolute atomic E-state index is 11.5. The molecule has 0 amide bonds. The summed E-state index contributed by atoms with van der Waals surface area (Å²) in [6, 6.07) is 5.98. The maximum atomic E-state index is 11.5. The summed E-state index contributed by atoms with van der Waals surface area (Å²) < 4.78 is 10.4. The van der Waals surface area contributed by atoms with Crippen molar-refractivity contribution in [2.45, 2.75) is 27.7 Å². The second-order valence-electron chi connectivity index (χ2n) is 4.93. The van der Waals surface area contributed by atoms with Gasteiger partial charge >= 0.3 is 5.97 Å². The van der Waals surface area contributed by atoms with Crippen LogP contribution in [0.3, 0.4) is 0 Å². The first-order chi connectivity index (χ1) is 7.86. The Balaban J connectivity index is 2.70. The molecule has 0 radical (unpaired) electrons. The fourth-order valence-corrected chi connectivity index (χ4v) is 1.55. The van der Waals surface area contributed by atoms with Crippen LogP contribution in [0.4, 0.5) is 0 Å². The number of aryl methyl sites for hydroxylation is 2. The second-order valence-corrected chi connectivity index (χ2v) is 4.93. The topological polar surface area (TPSA) is 35.5 Å². The molecule has 0 saturated heterocycles. The number of benzene rings is 1. The molecule has 0 spiro atoms. The summed E-state index contributed by atoms with van der Waals surface area (Å²) in [5.74, 6) is 0.551. The number of hydrogen-bond acceptors (Lipinski definition) is 3. The van der Waals surface area contributed by atoms with Gasteiger partial charge in [-0.05, 0) is 39.3 Å². The molecule has 0 fully saturated rings. The lowest BCUT2D eigenvalue weighted by atomic mass is 9.95. The first-order valence-electron chi connectivity index (χ1n) is 5.65. The molecular formula is C14H20O3. The summed E-state index contributed by atoms with van der Waals surface area (Å²) in [5, 5.41) is 0. The summed E-state index contributed by atoms with van der Waals surface area (Å²) in [4.78, 5) is 11.5. The minimum Gasteiger partial charge on any atom is -0.492 e. The van der Waals surface area contributed by atoms with Crippen molar-refractivity contribution in [3.8, 4) is 5.75 Å². The minimum absolute atomic E-state index is 0.262. The van der Waals surface area contributed by atoms with E-state index in [9.17, 15) is 4.79 Å². The molecule has 0 N–H and O–H groups in total. The van der Waals surface area contributed by atoms with Gasteiger partial charge in [0.2, 0.25) is 0 Å². The Bertz CT molecular complexity index is 408. The zero-order chi connectivity index (χ0) is 13.1. The van der Waals surface area contributed by atoms with Gasteiger partial charge in [0.15, 0.2) is 0 Å². The first-order valence-corrected chi connectivity index (χ1v) is 5.65. The molecule has 0 aliphatic heterocycles. The third-order valence-corrected chi connectivity index (χ3v) is 2.66. The van der Waals surface area contributed by atoms with E-state index in [2.05, 4.69) is 6.07 Å². The van der Waals surface area contributed by atoms with Crippen molar-refractivity contribution in [1.29, 1.82) is 0 Å². The van der Waals surface area contributed by atoms with E-state index in [1.54, 1.807) is 0 Å². The third-order valence-electron chi connectivity index (χ3n) is 2.66. The summed E-state index contributed by atoms with van der Waals surface area (Å²) in [7, 11) is 1.39. The predicted octanol–water partition coefficient (Wildman–Crippen LogP) is 2.88. The number of carbonyl (C=O) groups excluding carboxylic acids is 1. The largest absolute Gasteiger partial charge is 0.492 e. The summed E-state index contributed by atoms with van der Waals surface area (Å²) in [5.41, 5.74) is 1.64. The van der Waals surface area contributed by atoms with E-state index in [0.29, 0.717) is 6.61 Å². The molecule has 0 heterocycles. The first kappa shape index (κ1) is 13.6. The Kier molecular flexibility index (Phi) is 4.16. The smallest absolute Gasteiger partial charge is 0.314 e. The van der Waals surface area contributed by atoms with Gasteiger partial charge in [0.1, 0.15) is 12.4 Å². The highest BCUT2D eigenvalue weighted by Crippen LogP contribution is 2.23. The van der Waals surface area contributed by atoms with Crippen LogP contribution in [-0.2, 0) is 9.53 Å². The van der Waals surface area contributed by atoms with Crippen LogP contribution in [0.15, 0.2) is 18.2 Å². The number of rotatable bonds is 4. The molecule has 3 nitrogen and oxygen atoms in total. The quantitative estimate of drug-likeness (QED) is 0.754. The molecule has 0 saturated carbocycles. The highest BCUT2D eigenvalue weighted by Gasteiger charge is 2.29. The molecular weight excluding hydrogens is 216 g/mol. The fraction of sp³-hybridized carbons (Fsp3) is 0.500. The van der Waals surface area contributed by atoms with Gasteiger partial charge in [-0.2, -0.15) is 0 Å². The normalized spacial score (nSPS) is 11.1. The molecule has 0 aliphatic carbocycles. The second kappa shape index (κ2) is 5.21. The maximum Gasteiger partial charge on any atom is 0.314 e. The average molecular weight is 236 g/mol. The molecule has 0 unspecified atom stereocenters. The number of hydrogen-bond donors (Lipinski definition) is 0. The van der Waals surface area contributed by atoms with E-state index in [0.717, 1.165) is 11.3 Å². The van der Waals surface area contributed by atoms with Gasteiger partial charge in [0, 0.05) is 0 Å². The van der Waals surface area contributed by atoms with Crippen molar-refractivity contribution in [3.63, 3.8) is 0 Å². The summed E-state index contributed by atoms with van der Waals surface area (Å²) >= 11 is 0. The molecule has 0 aromatic heterocycles. The van der Waals surface area contributed by atoms with Crippen molar-refractivity contribution in [3.05, 3.63) is 29.3 Å². The molecule has 3 heteroatoms. The number of ether oxygens (including phenoxy) is 2. The van der Waals surface area contributed by atoms with Crippen LogP contribution >= 0.6 is 0 Å². The standard InChI is InChI=1S/C14H20O3/c1-10-6-7-12(11(2)8-10)17-9-14(3,4)13(15)16-5/h6-8H,9H2,1-5H3. The predicted molar refractivity (Wildman–Crippen MR) is 67.2 cm³/mol. The van der Waals surface area contributed by atoms with E-state index in [1.165, 1.54) is 12.7 Å². The van der Waals surface area contributed by atoms with Crippen molar-refractivity contribution >= 4 is 5.97 Å². The Morgan fingerprint density at radius 2 is 1.94 bits per heavy atom. The minimum atomic E-state index is -0.633. The van der Waals surface area contributed by atoms with Crippen LogP contribution in [0.5, 0.6) is 5.75 Å². The molecule has 0 bridgehead atoms. The van der Waals surface area contributed by atoms with Crippen molar-refractivity contribution < 1.29 is 14.3 Å². The zero-order valence-electron chi connectivity index (χ0n) is 11.2. The Morgan fingerprint density at radius 3 is 2.47 bits per heavy atom. The van der Waals surface area contributed by atoms with Gasteiger partial charge in [-0.1, -0.05) is 17.7 Å². The average Bonchev–Trinajstić information content (AvgIpc) is 2.26. The lowest BCUT2D eigenvalue weighted by Crippen LogP contribution is -2.32. The van der Waals surface area contributed by atoms with Crippen LogP contribution in [-0.4, -0.2) is 19.7 Å². The number of methoxy groups -OCH3 is 1. The molecule has 94 valence electrons. The Hall–Kier alpha value is -1.51. The number of esters is 1. The van der Waals surface area contributed by atoms with Crippen LogP contribution < -0.4 is 4.74 Å². The summed E-state index contributed by atoms with van der Waals surface area (Å²) in [6.45, 7) is 7.96. The molecule has 0 atom stereocenters.